The summed E-state index contributed by atoms with van der Waals surface area (Å²) in [5.74, 6) is 0. The van der Waals surface area contributed by atoms with Gasteiger partial charge in [0.15, 0.2) is 0 Å². The minimum atomic E-state index is -0.708. The first-order valence-electron chi connectivity index (χ1n) is 0.908. The third-order valence-corrected chi connectivity index (χ3v) is 0.926. The van der Waals surface area contributed by atoms with Crippen LogP contribution in [0.3, 0.4) is 0 Å². The minimum absolute atomic E-state index is 0.708. The summed E-state index contributed by atoms with van der Waals surface area (Å²) in [4.78, 5) is 0. The molecule has 32 valence electrons. The van der Waals surface area contributed by atoms with E-state index in [0.29, 0.717) is 0 Å². The number of rotatable bonds is 1. The van der Waals surface area contributed by atoms with Crippen LogP contribution in [0.25, 0.3) is 0 Å². The van der Waals surface area contributed by atoms with Crippen molar-refractivity contribution < 1.29 is 4.52 Å². The van der Waals surface area contributed by atoms with Crippen LogP contribution in [0.15, 0.2) is 0 Å². The van der Waals surface area contributed by atoms with Crippen LogP contribution in [-0.4, -0.2) is 5.02 Å². The quantitative estimate of drug-likeness (QED) is 0.389. The summed E-state index contributed by atoms with van der Waals surface area (Å²) in [5, 5.41) is -0.708. The van der Waals surface area contributed by atoms with E-state index >= 15 is 0 Å². The first-order chi connectivity index (χ1) is 2.27. The van der Waals surface area contributed by atoms with Crippen molar-refractivity contribution in [3.63, 3.8) is 0 Å². The van der Waals surface area contributed by atoms with Crippen molar-refractivity contribution in [2.24, 2.45) is 0 Å². The van der Waals surface area contributed by atoms with Crippen molar-refractivity contribution >= 4 is 32.7 Å². The van der Waals surface area contributed by atoms with Crippen molar-refractivity contribution in [3.8, 4) is 0 Å². The second kappa shape index (κ2) is 3.17. The van der Waals surface area contributed by atoms with Gasteiger partial charge in [0, 0.05) is 9.47 Å². The Balaban J connectivity index is 2.54. The van der Waals surface area contributed by atoms with Gasteiger partial charge in [0.05, 0.1) is 0 Å². The lowest BCUT2D eigenvalue weighted by molar-refractivity contribution is 0.418. The lowest BCUT2D eigenvalue weighted by atomic mass is 11.7. The maximum absolute atomic E-state index is 4.98. The highest BCUT2D eigenvalue weighted by atomic mass is 35.5. The Labute approximate surface area is 42.9 Å². The Morgan fingerprint density at radius 1 is 1.60 bits per heavy atom. The minimum Gasteiger partial charge on any atom is -0.332 e. The summed E-state index contributed by atoms with van der Waals surface area (Å²) in [5.41, 5.74) is 0. The maximum atomic E-state index is 4.98. The molecular formula is CH3Cl2OP. The third-order valence-electron chi connectivity index (χ3n) is 0.103. The summed E-state index contributed by atoms with van der Waals surface area (Å²) in [6, 6.07) is 0. The SMILES string of the molecule is POC(Cl)Cl. The molecule has 0 spiro atoms. The fourth-order valence-corrected chi connectivity index (χ4v) is 0. The molecule has 1 atom stereocenters. The van der Waals surface area contributed by atoms with Gasteiger partial charge in [-0.2, -0.15) is 0 Å². The summed E-state index contributed by atoms with van der Waals surface area (Å²) in [7, 11) is 1.93. The van der Waals surface area contributed by atoms with Crippen LogP contribution < -0.4 is 0 Å². The predicted molar refractivity (Wildman–Crippen MR) is 26.3 cm³/mol. The van der Waals surface area contributed by atoms with Gasteiger partial charge in [0.25, 0.3) is 0 Å². The molecule has 1 unspecified atom stereocenters. The molecule has 0 fully saturated rings. The van der Waals surface area contributed by atoms with Crippen molar-refractivity contribution in [2.75, 3.05) is 0 Å². The van der Waals surface area contributed by atoms with Gasteiger partial charge in [0.1, 0.15) is 0 Å². The first kappa shape index (κ1) is 5.97. The lowest BCUT2D eigenvalue weighted by Crippen LogP contribution is -1.77. The average Bonchev–Trinajstić information content (AvgIpc) is 1.38. The summed E-state index contributed by atoms with van der Waals surface area (Å²) >= 11 is 9.97. The van der Waals surface area contributed by atoms with Crippen LogP contribution in [0.2, 0.25) is 0 Å². The number of alkyl halides is 2. The van der Waals surface area contributed by atoms with Crippen molar-refractivity contribution in [3.05, 3.63) is 0 Å². The van der Waals surface area contributed by atoms with Crippen LogP contribution in [0.4, 0.5) is 0 Å². The zero-order chi connectivity index (χ0) is 4.28. The standard InChI is InChI=1S/CH3Cl2OP/c2-1(3)4-5/h1H,5H2. The molecule has 1 nitrogen and oxygen atoms in total. The van der Waals surface area contributed by atoms with Crippen molar-refractivity contribution in [1.29, 1.82) is 0 Å². The highest BCUT2D eigenvalue weighted by Gasteiger charge is 1.86. The number of hydrogen-bond acceptors (Lipinski definition) is 1. The van der Waals surface area contributed by atoms with Gasteiger partial charge in [-0.25, -0.2) is 0 Å². The molecular weight excluding hydrogens is 130 g/mol. The molecule has 0 radical (unpaired) electrons. The molecule has 0 aromatic heterocycles. The monoisotopic (exact) mass is 132 g/mol. The maximum Gasteiger partial charge on any atom is 0.209 e. The highest BCUT2D eigenvalue weighted by molar-refractivity contribution is 7.10. The average molecular weight is 133 g/mol. The Morgan fingerprint density at radius 2 is 1.80 bits per heavy atom. The largest absolute Gasteiger partial charge is 0.332 e. The number of hydrogen-bond donors (Lipinski definition) is 0. The molecule has 0 saturated carbocycles. The zero-order valence-corrected chi connectivity index (χ0v) is 4.99. The van der Waals surface area contributed by atoms with E-state index in [1.807, 2.05) is 9.47 Å². The smallest absolute Gasteiger partial charge is 0.209 e. The molecule has 0 N–H and O–H groups in total. The fraction of sp³-hybridized carbons (Fsp3) is 1.00. The lowest BCUT2D eigenvalue weighted by Gasteiger charge is -1.88. The Bertz CT molecular complexity index is 23.6. The van der Waals surface area contributed by atoms with E-state index in [2.05, 4.69) is 4.52 Å². The zero-order valence-electron chi connectivity index (χ0n) is 2.32. The third kappa shape index (κ3) is 4.97. The Morgan fingerprint density at radius 3 is 1.80 bits per heavy atom. The van der Waals surface area contributed by atoms with Gasteiger partial charge in [0.2, 0.25) is 5.02 Å². The highest BCUT2D eigenvalue weighted by Crippen LogP contribution is 2.05. The molecule has 0 saturated heterocycles. The van der Waals surface area contributed by atoms with E-state index in [-0.39, 0.29) is 0 Å². The molecule has 5 heavy (non-hydrogen) atoms. The van der Waals surface area contributed by atoms with Gasteiger partial charge < -0.3 is 4.52 Å². The molecule has 0 bridgehead atoms. The molecule has 0 heterocycles. The molecule has 0 amide bonds. The van der Waals surface area contributed by atoms with Crippen LogP contribution in [-0.2, 0) is 4.52 Å². The second-order valence-corrected chi connectivity index (χ2v) is 1.69. The van der Waals surface area contributed by atoms with Crippen LogP contribution in [0, 0.1) is 0 Å². The van der Waals surface area contributed by atoms with E-state index < -0.39 is 5.02 Å². The molecule has 0 aliphatic heterocycles. The molecule has 0 aliphatic carbocycles. The molecule has 0 aromatic rings. The molecule has 0 rings (SSSR count). The topological polar surface area (TPSA) is 9.23 Å². The van der Waals surface area contributed by atoms with Crippen LogP contribution in [0.1, 0.15) is 0 Å². The Kier molecular flexibility index (Phi) is 3.79. The normalized spacial score (nSPS) is 9.60. The van der Waals surface area contributed by atoms with E-state index in [4.69, 9.17) is 23.2 Å². The van der Waals surface area contributed by atoms with Gasteiger partial charge >= 0.3 is 0 Å². The molecule has 0 aliphatic rings. The Hall–Kier alpha value is 0.970. The predicted octanol–water partition coefficient (Wildman–Crippen LogP) is 1.55. The fourth-order valence-electron chi connectivity index (χ4n) is 0. The second-order valence-electron chi connectivity index (χ2n) is 0.397. The van der Waals surface area contributed by atoms with Gasteiger partial charge in [-0.15, -0.1) is 0 Å². The van der Waals surface area contributed by atoms with E-state index in [1.165, 1.54) is 0 Å². The summed E-state index contributed by atoms with van der Waals surface area (Å²) in [6.45, 7) is 0. The van der Waals surface area contributed by atoms with E-state index in [9.17, 15) is 0 Å². The summed E-state index contributed by atoms with van der Waals surface area (Å²) in [6.07, 6.45) is 0. The first-order valence-corrected chi connectivity index (χ1v) is 2.25. The van der Waals surface area contributed by atoms with E-state index in [1.54, 1.807) is 0 Å². The van der Waals surface area contributed by atoms with Crippen LogP contribution >= 0.6 is 32.7 Å². The molecule has 0 aromatic carbocycles. The van der Waals surface area contributed by atoms with Gasteiger partial charge in [-0.1, -0.05) is 23.2 Å². The van der Waals surface area contributed by atoms with Crippen LogP contribution in [0.5, 0.6) is 0 Å². The van der Waals surface area contributed by atoms with E-state index in [0.717, 1.165) is 0 Å². The number of halogens is 2. The van der Waals surface area contributed by atoms with Gasteiger partial charge in [-0.05, 0) is 0 Å². The van der Waals surface area contributed by atoms with Crippen molar-refractivity contribution in [1.82, 2.24) is 0 Å². The summed E-state index contributed by atoms with van der Waals surface area (Å²) < 4.78 is 4.20. The van der Waals surface area contributed by atoms with Gasteiger partial charge in [-0.3, -0.25) is 0 Å². The van der Waals surface area contributed by atoms with Crippen molar-refractivity contribution in [2.45, 2.75) is 5.02 Å². The molecule has 4 heteroatoms.